The van der Waals surface area contributed by atoms with Gasteiger partial charge >= 0.3 is 10.1 Å². The van der Waals surface area contributed by atoms with Crippen molar-refractivity contribution in [1.82, 2.24) is 0 Å². The fourth-order valence-electron chi connectivity index (χ4n) is 3.88. The summed E-state index contributed by atoms with van der Waals surface area (Å²) >= 11 is 0. The molecule has 1 heterocycles. The summed E-state index contributed by atoms with van der Waals surface area (Å²) in [6.45, 7) is 0.580. The van der Waals surface area contributed by atoms with Crippen LogP contribution in [0.15, 0.2) is 41.3 Å². The molecule has 0 unspecified atom stereocenters. The Morgan fingerprint density at radius 2 is 1.71 bits per heavy atom. The number of carbonyl (C=O) groups is 1. The first-order chi connectivity index (χ1) is 13.5. The Morgan fingerprint density at radius 1 is 0.929 bits per heavy atom. The zero-order valence-electron chi connectivity index (χ0n) is 15.8. The van der Waals surface area contributed by atoms with Crippen molar-refractivity contribution in [2.45, 2.75) is 43.4 Å². The van der Waals surface area contributed by atoms with E-state index in [1.54, 1.807) is 23.1 Å². The van der Waals surface area contributed by atoms with Gasteiger partial charge in [0, 0.05) is 18.7 Å². The minimum atomic E-state index is -4.12. The molecular formula is C21H23NO5S. The topological polar surface area (TPSA) is 72.9 Å². The third-order valence-corrected chi connectivity index (χ3v) is 6.60. The van der Waals surface area contributed by atoms with Gasteiger partial charge in [0.25, 0.3) is 0 Å². The third-order valence-electron chi connectivity index (χ3n) is 5.33. The average molecular weight is 401 g/mol. The van der Waals surface area contributed by atoms with Crippen LogP contribution < -0.4 is 13.8 Å². The van der Waals surface area contributed by atoms with E-state index in [4.69, 9.17) is 8.92 Å². The maximum atomic E-state index is 13.0. The second kappa shape index (κ2) is 7.47. The summed E-state index contributed by atoms with van der Waals surface area (Å²) in [5.41, 5.74) is 2.93. The largest absolute Gasteiger partial charge is 0.495 e. The van der Waals surface area contributed by atoms with E-state index < -0.39 is 10.1 Å². The van der Waals surface area contributed by atoms with E-state index in [2.05, 4.69) is 0 Å². The van der Waals surface area contributed by atoms with Gasteiger partial charge in [0.15, 0.2) is 0 Å². The number of carbonyl (C=O) groups excluding carboxylic acids is 1. The monoisotopic (exact) mass is 401 g/mol. The summed E-state index contributed by atoms with van der Waals surface area (Å²) in [7, 11) is -2.70. The van der Waals surface area contributed by atoms with Gasteiger partial charge in [-0.1, -0.05) is 6.07 Å². The van der Waals surface area contributed by atoms with Gasteiger partial charge in [0.2, 0.25) is 5.91 Å². The lowest BCUT2D eigenvalue weighted by Gasteiger charge is -2.19. The van der Waals surface area contributed by atoms with Gasteiger partial charge in [-0.2, -0.15) is 8.42 Å². The van der Waals surface area contributed by atoms with Crippen LogP contribution in [0.5, 0.6) is 11.5 Å². The first kappa shape index (κ1) is 18.8. The van der Waals surface area contributed by atoms with Crippen molar-refractivity contribution in [2.24, 2.45) is 0 Å². The highest BCUT2D eigenvalue weighted by molar-refractivity contribution is 7.87. The van der Waals surface area contributed by atoms with Crippen LogP contribution in [-0.2, 0) is 27.8 Å². The summed E-state index contributed by atoms with van der Waals surface area (Å²) in [6.07, 6.45) is 5.44. The number of methoxy groups -OCH3 is 1. The lowest BCUT2D eigenvalue weighted by Crippen LogP contribution is -2.24. The van der Waals surface area contributed by atoms with Crippen LogP contribution in [-0.4, -0.2) is 28.0 Å². The van der Waals surface area contributed by atoms with Crippen molar-refractivity contribution in [1.29, 1.82) is 0 Å². The summed E-state index contributed by atoms with van der Waals surface area (Å²) in [5, 5.41) is 0. The molecule has 1 fully saturated rings. The van der Waals surface area contributed by atoms with Crippen molar-refractivity contribution in [2.75, 3.05) is 18.6 Å². The van der Waals surface area contributed by atoms with Gasteiger partial charge in [-0.15, -0.1) is 0 Å². The number of nitrogens with zero attached hydrogens (tertiary/aromatic N) is 1. The fraction of sp³-hybridized carbons (Fsp3) is 0.381. The van der Waals surface area contributed by atoms with Crippen molar-refractivity contribution in [3.63, 3.8) is 0 Å². The van der Waals surface area contributed by atoms with Crippen LogP contribution in [0.25, 0.3) is 0 Å². The highest BCUT2D eigenvalue weighted by atomic mass is 32.2. The van der Waals surface area contributed by atoms with E-state index in [0.29, 0.717) is 24.4 Å². The molecule has 2 aliphatic rings. The van der Waals surface area contributed by atoms with E-state index in [0.717, 1.165) is 37.7 Å². The van der Waals surface area contributed by atoms with Gasteiger partial charge in [-0.3, -0.25) is 4.79 Å². The molecular weight excluding hydrogens is 378 g/mol. The fourth-order valence-corrected chi connectivity index (χ4v) is 4.99. The molecule has 0 atom stereocenters. The molecule has 0 radical (unpaired) electrons. The normalized spacial score (nSPS) is 16.8. The molecule has 1 aliphatic heterocycles. The Hall–Kier alpha value is -2.54. The molecule has 0 saturated carbocycles. The number of aryl methyl sites for hydroxylation is 2. The van der Waals surface area contributed by atoms with Gasteiger partial charge in [-0.05, 0) is 73.6 Å². The number of hydrogen-bond donors (Lipinski definition) is 0. The first-order valence-electron chi connectivity index (χ1n) is 9.52. The van der Waals surface area contributed by atoms with Crippen molar-refractivity contribution in [3.8, 4) is 11.5 Å². The Morgan fingerprint density at radius 3 is 2.43 bits per heavy atom. The zero-order valence-corrected chi connectivity index (χ0v) is 16.6. The predicted octanol–water partition coefficient (Wildman–Crippen LogP) is 3.47. The maximum Gasteiger partial charge on any atom is 0.343 e. The molecule has 148 valence electrons. The molecule has 2 aromatic rings. The van der Waals surface area contributed by atoms with E-state index in [9.17, 15) is 13.2 Å². The summed E-state index contributed by atoms with van der Waals surface area (Å²) in [4.78, 5) is 13.5. The zero-order chi connectivity index (χ0) is 19.7. The second-order valence-corrected chi connectivity index (χ2v) is 8.67. The highest BCUT2D eigenvalue weighted by Crippen LogP contribution is 2.33. The number of rotatable bonds is 5. The minimum absolute atomic E-state index is 0.0101. The van der Waals surface area contributed by atoms with Crippen LogP contribution in [0.3, 0.4) is 0 Å². The van der Waals surface area contributed by atoms with Crippen molar-refractivity contribution < 1.29 is 22.1 Å². The van der Waals surface area contributed by atoms with Crippen LogP contribution in [0, 0.1) is 0 Å². The Bertz CT molecular complexity index is 1020. The SMILES string of the molecule is COc1ccc(N2CCCC2=O)cc1S(=O)(=O)Oc1ccc2c(c1)CCCC2. The molecule has 28 heavy (non-hydrogen) atoms. The molecule has 0 spiro atoms. The third kappa shape index (κ3) is 3.58. The Balaban J connectivity index is 1.67. The highest BCUT2D eigenvalue weighted by Gasteiger charge is 2.27. The van der Waals surface area contributed by atoms with E-state index in [1.807, 2.05) is 12.1 Å². The van der Waals surface area contributed by atoms with Crippen molar-refractivity contribution in [3.05, 3.63) is 47.5 Å². The molecule has 1 aliphatic carbocycles. The summed E-state index contributed by atoms with van der Waals surface area (Å²) in [5.74, 6) is 0.475. The van der Waals surface area contributed by atoms with Gasteiger partial charge < -0.3 is 13.8 Å². The summed E-state index contributed by atoms with van der Waals surface area (Å²) < 4.78 is 36.7. The van der Waals surface area contributed by atoms with Crippen LogP contribution in [0.2, 0.25) is 0 Å². The molecule has 1 amide bonds. The maximum absolute atomic E-state index is 13.0. The van der Waals surface area contributed by atoms with Crippen LogP contribution in [0.4, 0.5) is 5.69 Å². The molecule has 7 heteroatoms. The van der Waals surface area contributed by atoms with E-state index in [1.165, 1.54) is 18.7 Å². The Kier molecular flexibility index (Phi) is 5.02. The lowest BCUT2D eigenvalue weighted by atomic mass is 9.92. The molecule has 1 saturated heterocycles. The van der Waals surface area contributed by atoms with Gasteiger partial charge in [0.05, 0.1) is 7.11 Å². The molecule has 6 nitrogen and oxygen atoms in total. The number of ether oxygens (including phenoxy) is 1. The molecule has 4 rings (SSSR count). The number of amides is 1. The number of hydrogen-bond acceptors (Lipinski definition) is 5. The van der Waals surface area contributed by atoms with E-state index in [-0.39, 0.29) is 16.6 Å². The van der Waals surface area contributed by atoms with Gasteiger partial charge in [-0.25, -0.2) is 0 Å². The van der Waals surface area contributed by atoms with Gasteiger partial charge in [0.1, 0.15) is 16.4 Å². The summed E-state index contributed by atoms with van der Waals surface area (Å²) in [6, 6.07) is 10.2. The minimum Gasteiger partial charge on any atom is -0.495 e. The van der Waals surface area contributed by atoms with Crippen molar-refractivity contribution >= 4 is 21.7 Å². The molecule has 2 aromatic carbocycles. The molecule has 0 N–H and O–H groups in total. The standard InChI is InChI=1S/C21H23NO5S/c1-26-19-11-9-17(22-12-4-7-21(22)23)14-20(19)28(24,25)27-18-10-8-15-5-2-3-6-16(15)13-18/h8-11,13-14H,2-7,12H2,1H3. The number of fused-ring (bicyclic) bond motifs is 1. The quantitative estimate of drug-likeness (QED) is 0.718. The number of anilines is 1. The first-order valence-corrected chi connectivity index (χ1v) is 10.9. The van der Waals surface area contributed by atoms with E-state index >= 15 is 0 Å². The van der Waals surface area contributed by atoms with Crippen LogP contribution in [0.1, 0.15) is 36.8 Å². The Labute approximate surface area is 165 Å². The molecule has 0 bridgehead atoms. The number of benzene rings is 2. The molecule has 0 aromatic heterocycles. The lowest BCUT2D eigenvalue weighted by molar-refractivity contribution is -0.117. The smallest absolute Gasteiger partial charge is 0.343 e. The average Bonchev–Trinajstić information content (AvgIpc) is 3.13. The predicted molar refractivity (Wildman–Crippen MR) is 105 cm³/mol. The van der Waals surface area contributed by atoms with Crippen LogP contribution >= 0.6 is 0 Å². The second-order valence-electron chi connectivity index (χ2n) is 7.16.